The van der Waals surface area contributed by atoms with Crippen molar-refractivity contribution in [2.45, 2.75) is 32.6 Å². The van der Waals surface area contributed by atoms with Crippen LogP contribution in [0.15, 0.2) is 48.5 Å². The summed E-state index contributed by atoms with van der Waals surface area (Å²) in [6.45, 7) is 6.78. The standard InChI is InChI=1S/C24H22O4/c1-14-4-5-15-12-16(6-8-18(15)21(14)23(26)27)22(25)17-7-9-20-19(13-17)24(2,3)10-11-28-20/h4-9,12-13H,10-11H2,1-3H3,(H,26,27). The van der Waals surface area contributed by atoms with Crippen molar-refractivity contribution >= 4 is 22.5 Å². The summed E-state index contributed by atoms with van der Waals surface area (Å²) in [6, 6.07) is 14.4. The molecule has 4 heteroatoms. The Morgan fingerprint density at radius 3 is 2.46 bits per heavy atom. The number of hydrogen-bond donors (Lipinski definition) is 1. The zero-order valence-electron chi connectivity index (χ0n) is 16.2. The number of aryl methyl sites for hydroxylation is 1. The number of benzene rings is 3. The van der Waals surface area contributed by atoms with E-state index in [2.05, 4.69) is 13.8 Å². The number of carboxylic acids is 1. The van der Waals surface area contributed by atoms with Crippen LogP contribution in [0.1, 0.15) is 57.7 Å². The van der Waals surface area contributed by atoms with Crippen molar-refractivity contribution in [1.82, 2.24) is 0 Å². The zero-order chi connectivity index (χ0) is 20.1. The van der Waals surface area contributed by atoms with Gasteiger partial charge >= 0.3 is 5.97 Å². The van der Waals surface area contributed by atoms with Crippen LogP contribution in [0.3, 0.4) is 0 Å². The van der Waals surface area contributed by atoms with Crippen LogP contribution in [-0.2, 0) is 5.41 Å². The van der Waals surface area contributed by atoms with Gasteiger partial charge in [-0.2, -0.15) is 0 Å². The highest BCUT2D eigenvalue weighted by Crippen LogP contribution is 2.39. The van der Waals surface area contributed by atoms with Crippen molar-refractivity contribution < 1.29 is 19.4 Å². The van der Waals surface area contributed by atoms with Crippen molar-refractivity contribution in [2.24, 2.45) is 0 Å². The number of carbonyl (C=O) groups is 2. The summed E-state index contributed by atoms with van der Waals surface area (Å²) in [7, 11) is 0. The number of carbonyl (C=O) groups excluding carboxylic acids is 1. The smallest absolute Gasteiger partial charge is 0.336 e. The molecule has 142 valence electrons. The molecule has 3 aromatic carbocycles. The number of hydrogen-bond acceptors (Lipinski definition) is 3. The summed E-state index contributed by atoms with van der Waals surface area (Å²) in [6.07, 6.45) is 0.908. The first-order valence-electron chi connectivity index (χ1n) is 9.36. The first kappa shape index (κ1) is 18.2. The number of aromatic carboxylic acids is 1. The number of ether oxygens (including phenoxy) is 1. The van der Waals surface area contributed by atoms with Crippen LogP contribution in [-0.4, -0.2) is 23.5 Å². The van der Waals surface area contributed by atoms with E-state index in [-0.39, 0.29) is 16.8 Å². The van der Waals surface area contributed by atoms with E-state index in [9.17, 15) is 14.7 Å². The van der Waals surface area contributed by atoms with Crippen molar-refractivity contribution in [3.63, 3.8) is 0 Å². The highest BCUT2D eigenvalue weighted by molar-refractivity contribution is 6.12. The maximum absolute atomic E-state index is 13.1. The third-order valence-corrected chi connectivity index (χ3v) is 5.66. The normalized spacial score (nSPS) is 15.0. The van der Waals surface area contributed by atoms with Gasteiger partial charge in [-0.25, -0.2) is 4.79 Å². The largest absolute Gasteiger partial charge is 0.493 e. The predicted molar refractivity (Wildman–Crippen MR) is 109 cm³/mol. The van der Waals surface area contributed by atoms with Gasteiger partial charge in [0.05, 0.1) is 12.2 Å². The molecule has 3 aromatic rings. The summed E-state index contributed by atoms with van der Waals surface area (Å²) in [4.78, 5) is 24.7. The van der Waals surface area contributed by atoms with Crippen LogP contribution in [0, 0.1) is 6.92 Å². The Hall–Kier alpha value is -3.14. The third-order valence-electron chi connectivity index (χ3n) is 5.66. The first-order chi connectivity index (χ1) is 13.3. The summed E-state index contributed by atoms with van der Waals surface area (Å²) < 4.78 is 5.74. The van der Waals surface area contributed by atoms with Gasteiger partial charge in [0.15, 0.2) is 5.78 Å². The molecule has 0 radical (unpaired) electrons. The van der Waals surface area contributed by atoms with Crippen LogP contribution < -0.4 is 4.74 Å². The summed E-state index contributed by atoms with van der Waals surface area (Å²) in [5, 5.41) is 10.9. The molecule has 0 fully saturated rings. The molecule has 0 aromatic heterocycles. The van der Waals surface area contributed by atoms with Crippen LogP contribution in [0.2, 0.25) is 0 Å². The topological polar surface area (TPSA) is 63.6 Å². The average Bonchev–Trinajstić information content (AvgIpc) is 2.66. The lowest BCUT2D eigenvalue weighted by Gasteiger charge is -2.32. The molecule has 0 unspecified atom stereocenters. The van der Waals surface area contributed by atoms with Gasteiger partial charge in [-0.3, -0.25) is 4.79 Å². The van der Waals surface area contributed by atoms with E-state index in [1.807, 2.05) is 18.2 Å². The van der Waals surface area contributed by atoms with Crippen LogP contribution >= 0.6 is 0 Å². The van der Waals surface area contributed by atoms with Gasteiger partial charge in [0, 0.05) is 16.7 Å². The lowest BCUT2D eigenvalue weighted by Crippen LogP contribution is -2.27. The molecule has 0 bridgehead atoms. The van der Waals surface area contributed by atoms with Gasteiger partial charge in [-0.1, -0.05) is 38.1 Å². The van der Waals surface area contributed by atoms with Gasteiger partial charge in [0.25, 0.3) is 0 Å². The number of fused-ring (bicyclic) bond motifs is 2. The van der Waals surface area contributed by atoms with E-state index in [0.717, 1.165) is 23.1 Å². The van der Waals surface area contributed by atoms with Crippen LogP contribution in [0.25, 0.3) is 10.8 Å². The lowest BCUT2D eigenvalue weighted by atomic mass is 9.79. The Balaban J connectivity index is 1.78. The second-order valence-corrected chi connectivity index (χ2v) is 8.02. The minimum absolute atomic E-state index is 0.0405. The molecule has 1 aliphatic heterocycles. The van der Waals surface area contributed by atoms with Crippen molar-refractivity contribution in [2.75, 3.05) is 6.61 Å². The van der Waals surface area contributed by atoms with Gasteiger partial charge in [-0.05, 0) is 59.4 Å². The minimum atomic E-state index is -0.959. The fourth-order valence-corrected chi connectivity index (χ4v) is 3.91. The second kappa shape index (κ2) is 6.48. The first-order valence-corrected chi connectivity index (χ1v) is 9.36. The van der Waals surface area contributed by atoms with Gasteiger partial charge in [-0.15, -0.1) is 0 Å². The maximum atomic E-state index is 13.1. The van der Waals surface area contributed by atoms with Crippen LogP contribution in [0.5, 0.6) is 5.75 Å². The molecular formula is C24H22O4. The second-order valence-electron chi connectivity index (χ2n) is 8.02. The minimum Gasteiger partial charge on any atom is -0.493 e. The molecule has 0 spiro atoms. The van der Waals surface area contributed by atoms with Crippen molar-refractivity contribution in [3.05, 3.63) is 76.3 Å². The molecule has 0 aliphatic carbocycles. The molecule has 0 saturated carbocycles. The fourth-order valence-electron chi connectivity index (χ4n) is 3.91. The summed E-state index contributed by atoms with van der Waals surface area (Å²) in [5.74, 6) is -0.199. The molecule has 1 N–H and O–H groups in total. The molecule has 0 amide bonds. The van der Waals surface area contributed by atoms with E-state index < -0.39 is 5.97 Å². The van der Waals surface area contributed by atoms with E-state index in [4.69, 9.17) is 4.74 Å². The molecule has 4 rings (SSSR count). The Morgan fingerprint density at radius 1 is 1.00 bits per heavy atom. The van der Waals surface area contributed by atoms with E-state index in [1.54, 1.807) is 37.3 Å². The zero-order valence-corrected chi connectivity index (χ0v) is 16.2. The number of rotatable bonds is 3. The highest BCUT2D eigenvalue weighted by Gasteiger charge is 2.29. The average molecular weight is 374 g/mol. The number of carboxylic acid groups (broad SMARTS) is 1. The molecule has 0 atom stereocenters. The molecular weight excluding hydrogens is 352 g/mol. The van der Waals surface area contributed by atoms with Gasteiger partial charge in [0.2, 0.25) is 0 Å². The molecule has 1 heterocycles. The Bertz CT molecular complexity index is 1120. The third kappa shape index (κ3) is 2.95. The van der Waals surface area contributed by atoms with E-state index >= 15 is 0 Å². The summed E-state index contributed by atoms with van der Waals surface area (Å²) >= 11 is 0. The number of ketones is 1. The van der Waals surface area contributed by atoms with E-state index in [1.165, 1.54) is 0 Å². The van der Waals surface area contributed by atoms with Crippen molar-refractivity contribution in [1.29, 1.82) is 0 Å². The fraction of sp³-hybridized carbons (Fsp3) is 0.250. The maximum Gasteiger partial charge on any atom is 0.336 e. The summed E-state index contributed by atoms with van der Waals surface area (Å²) in [5.41, 5.74) is 3.15. The Morgan fingerprint density at radius 2 is 1.71 bits per heavy atom. The molecule has 1 aliphatic rings. The van der Waals surface area contributed by atoms with Gasteiger partial charge < -0.3 is 9.84 Å². The monoisotopic (exact) mass is 374 g/mol. The SMILES string of the molecule is Cc1ccc2cc(C(=O)c3ccc4c(c3)C(C)(C)CCO4)ccc2c1C(=O)O. The van der Waals surface area contributed by atoms with Gasteiger partial charge in [0.1, 0.15) is 5.75 Å². The quantitative estimate of drug-likeness (QED) is 0.645. The van der Waals surface area contributed by atoms with Crippen molar-refractivity contribution in [3.8, 4) is 5.75 Å². The van der Waals surface area contributed by atoms with E-state index in [0.29, 0.717) is 28.7 Å². The molecule has 0 saturated heterocycles. The molecule has 4 nitrogen and oxygen atoms in total. The van der Waals surface area contributed by atoms with Crippen LogP contribution in [0.4, 0.5) is 0 Å². The predicted octanol–water partition coefficient (Wildman–Crippen LogP) is 5.14. The Kier molecular flexibility index (Phi) is 4.22. The molecule has 28 heavy (non-hydrogen) atoms. The Labute approximate surface area is 163 Å². The lowest BCUT2D eigenvalue weighted by molar-refractivity contribution is 0.0698. The highest BCUT2D eigenvalue weighted by atomic mass is 16.5.